The molecule has 231 valence electrons. The van der Waals surface area contributed by atoms with E-state index in [0.29, 0.717) is 60.9 Å². The number of aliphatic imine (C=N–C) groups is 1. The number of nitrogens with zero attached hydrogens (tertiary/aromatic N) is 4. The quantitative estimate of drug-likeness (QED) is 0.0528. The standard InChI is InChI=1S/C31H40ClFN9O.Hg/c1-19(34)5-3-6-20-15-24(28(33)25(32)16-20)27-17-22-18-42(31(43)41-29(22)40-27)23-9-7-21(8-10-23)26(11-14-37-2)38-12-4-13-39-30(35)36;/h7-10,15-19,26,38H,3-6,11-14,34H2,1-2H3,(H4,35,36,39)(H,40,41,43);/q-1;+1. The second-order valence-electron chi connectivity index (χ2n) is 11.3. The summed E-state index contributed by atoms with van der Waals surface area (Å²) in [7, 11) is 2.13. The topological polar surface area (TPSA) is 156 Å². The van der Waals surface area contributed by atoms with Crippen molar-refractivity contribution in [2.24, 2.45) is 22.2 Å². The smallest absolute Gasteiger partial charge is 0.339 e. The predicted molar refractivity (Wildman–Crippen MR) is 172 cm³/mol. The molecular formula is C31H40ClFHgN9O. The summed E-state index contributed by atoms with van der Waals surface area (Å²) in [6.07, 6.45) is 5.97. The molecule has 2 aromatic heterocycles. The Hall–Kier alpha value is -2.83. The normalized spacial score (nSPS) is 13.0. The predicted octanol–water partition coefficient (Wildman–Crippen LogP) is 3.92. The van der Waals surface area contributed by atoms with Crippen LogP contribution in [0.25, 0.3) is 28.0 Å². The number of hydrogen-bond donors (Lipinski definition) is 5. The van der Waals surface area contributed by atoms with E-state index in [-0.39, 0.29) is 23.1 Å². The van der Waals surface area contributed by atoms with Crippen LogP contribution in [0.3, 0.4) is 0 Å². The number of guanidine groups is 1. The number of rotatable bonds is 15. The van der Waals surface area contributed by atoms with Crippen molar-refractivity contribution >= 4 is 28.6 Å². The van der Waals surface area contributed by atoms with Gasteiger partial charge in [-0.15, -0.1) is 0 Å². The van der Waals surface area contributed by atoms with Crippen LogP contribution in [0.4, 0.5) is 4.39 Å². The minimum absolute atomic E-state index is 0.0552. The minimum atomic E-state index is -0.517. The molecular weight excluding hydrogens is 769 g/mol. The monoisotopic (exact) mass is 810 g/mol. The molecule has 8 N–H and O–H groups in total. The van der Waals surface area contributed by atoms with E-state index in [2.05, 4.69) is 30.0 Å². The summed E-state index contributed by atoms with van der Waals surface area (Å²) in [6, 6.07) is 13.4. The minimum Gasteiger partial charge on any atom is -0.339 e. The molecule has 0 radical (unpaired) electrons. The molecule has 0 amide bonds. The SMILES string of the molecule is CC(N)CCCc1cc(Cl)c(F)c(-c2cc3cn(-c4ccc(C(CC[N](C)[Hg])NCCCN=C(N)N)cc4)c(=O)nc3[nH]2)c1. The fourth-order valence-corrected chi connectivity index (χ4v) is 6.06. The molecule has 0 aliphatic heterocycles. The molecule has 2 atom stereocenters. The van der Waals surface area contributed by atoms with E-state index in [1.165, 1.54) is 4.57 Å². The van der Waals surface area contributed by atoms with Gasteiger partial charge in [-0.2, -0.15) is 0 Å². The van der Waals surface area contributed by atoms with Crippen LogP contribution in [-0.2, 0) is 32.8 Å². The van der Waals surface area contributed by atoms with Gasteiger partial charge in [0.1, 0.15) is 0 Å². The van der Waals surface area contributed by atoms with Gasteiger partial charge in [0.25, 0.3) is 0 Å². The molecule has 2 unspecified atom stereocenters. The van der Waals surface area contributed by atoms with Crippen molar-refractivity contribution in [2.75, 3.05) is 26.7 Å². The molecule has 0 saturated heterocycles. The number of halogens is 2. The van der Waals surface area contributed by atoms with Gasteiger partial charge >= 0.3 is 181 Å². The summed E-state index contributed by atoms with van der Waals surface area (Å²) < 4.78 is 19.0. The van der Waals surface area contributed by atoms with Gasteiger partial charge in [-0.1, -0.05) is 11.6 Å². The Bertz CT molecular complexity index is 1630. The average Bonchev–Trinajstić information content (AvgIpc) is 3.38. The third kappa shape index (κ3) is 9.34. The van der Waals surface area contributed by atoms with Gasteiger partial charge in [-0.05, 0) is 43.9 Å². The Balaban J connectivity index is 1.56. The number of nitrogens with two attached hydrogens (primary N) is 3. The van der Waals surface area contributed by atoms with Crippen molar-refractivity contribution in [3.63, 3.8) is 0 Å². The number of hydrogen-bond acceptors (Lipinski definition) is 6. The fourth-order valence-electron chi connectivity index (χ4n) is 5.10. The van der Waals surface area contributed by atoms with E-state index < -0.39 is 11.5 Å². The molecule has 0 bridgehead atoms. The van der Waals surface area contributed by atoms with E-state index in [9.17, 15) is 4.79 Å². The van der Waals surface area contributed by atoms with Crippen molar-refractivity contribution in [2.45, 2.75) is 51.1 Å². The molecule has 2 heterocycles. The first-order chi connectivity index (χ1) is 21.0. The molecule has 0 aliphatic rings. The van der Waals surface area contributed by atoms with Crippen LogP contribution in [0.5, 0.6) is 0 Å². The van der Waals surface area contributed by atoms with Crippen LogP contribution in [-0.4, -0.2) is 55.9 Å². The van der Waals surface area contributed by atoms with Gasteiger partial charge < -0.3 is 10.7 Å². The van der Waals surface area contributed by atoms with Gasteiger partial charge in [0.15, 0.2) is 5.82 Å². The van der Waals surface area contributed by atoms with Gasteiger partial charge in [-0.3, -0.25) is 0 Å². The van der Waals surface area contributed by atoms with Crippen LogP contribution in [0.1, 0.15) is 49.8 Å². The number of H-pyrrole nitrogens is 1. The van der Waals surface area contributed by atoms with Gasteiger partial charge in [0.05, 0.1) is 10.7 Å². The zero-order chi connectivity index (χ0) is 31.8. The number of benzene rings is 2. The average molecular weight is 810 g/mol. The Morgan fingerprint density at radius 3 is 2.64 bits per heavy atom. The third-order valence-electron chi connectivity index (χ3n) is 7.40. The first-order valence-electron chi connectivity index (χ1n) is 14.8. The maximum absolute atomic E-state index is 15.1. The number of aryl methyl sites for hydroxylation is 1. The van der Waals surface area contributed by atoms with Crippen molar-refractivity contribution in [1.82, 2.24) is 22.5 Å². The van der Waals surface area contributed by atoms with Crippen LogP contribution in [0.2, 0.25) is 5.02 Å². The molecule has 13 heteroatoms. The summed E-state index contributed by atoms with van der Waals surface area (Å²) >= 11 is 6.82. The molecule has 0 saturated carbocycles. The van der Waals surface area contributed by atoms with E-state index in [0.717, 1.165) is 56.3 Å². The zero-order valence-electron chi connectivity index (χ0n) is 25.3. The van der Waals surface area contributed by atoms with Crippen LogP contribution < -0.4 is 28.2 Å². The van der Waals surface area contributed by atoms with E-state index >= 15 is 4.39 Å². The van der Waals surface area contributed by atoms with Gasteiger partial charge in [0.2, 0.25) is 0 Å². The van der Waals surface area contributed by atoms with Crippen LogP contribution >= 0.6 is 11.6 Å². The molecule has 44 heavy (non-hydrogen) atoms. The van der Waals surface area contributed by atoms with Crippen LogP contribution in [0.15, 0.2) is 58.4 Å². The maximum atomic E-state index is 15.1. The Labute approximate surface area is 278 Å². The summed E-state index contributed by atoms with van der Waals surface area (Å²) in [5.41, 5.74) is 20.3. The van der Waals surface area contributed by atoms with E-state index in [1.807, 2.05) is 31.2 Å². The van der Waals surface area contributed by atoms with Crippen molar-refractivity contribution in [3.05, 3.63) is 81.1 Å². The Morgan fingerprint density at radius 2 is 1.95 bits per heavy atom. The van der Waals surface area contributed by atoms with Crippen molar-refractivity contribution in [1.29, 1.82) is 0 Å². The van der Waals surface area contributed by atoms with Crippen LogP contribution in [0, 0.1) is 5.82 Å². The van der Waals surface area contributed by atoms with Crippen molar-refractivity contribution < 1.29 is 30.8 Å². The number of fused-ring (bicyclic) bond motifs is 1. The third-order valence-corrected chi connectivity index (χ3v) is 8.91. The van der Waals surface area contributed by atoms with Gasteiger partial charge in [0, 0.05) is 11.6 Å². The molecule has 10 nitrogen and oxygen atoms in total. The molecule has 4 aromatic rings. The number of aromatic amines is 1. The molecule has 0 spiro atoms. The second kappa shape index (κ2) is 15.9. The number of aromatic nitrogens is 3. The zero-order valence-corrected chi connectivity index (χ0v) is 31.6. The summed E-state index contributed by atoms with van der Waals surface area (Å²) in [4.78, 5) is 24.5. The molecule has 4 rings (SSSR count). The Morgan fingerprint density at radius 1 is 1.20 bits per heavy atom. The summed E-state index contributed by atoms with van der Waals surface area (Å²) in [5.74, 6) is -0.415. The molecule has 2 aromatic carbocycles. The van der Waals surface area contributed by atoms with Gasteiger partial charge in [-0.25, -0.2) is 4.39 Å². The molecule has 0 fully saturated rings. The fraction of sp³-hybridized carbons (Fsp3) is 0.387. The summed E-state index contributed by atoms with van der Waals surface area (Å²) in [5, 5.41) is 4.35. The van der Waals surface area contributed by atoms with E-state index in [1.54, 1.807) is 24.4 Å². The Kier molecular flexibility index (Phi) is 12.3. The summed E-state index contributed by atoms with van der Waals surface area (Å²) in [6.45, 7) is 4.31. The second-order valence-corrected chi connectivity index (χ2v) is 15.9. The first-order valence-corrected chi connectivity index (χ1v) is 17.6. The molecule has 0 aliphatic carbocycles. The first kappa shape index (κ1) is 34.0. The van der Waals surface area contributed by atoms with E-state index in [4.69, 9.17) is 28.8 Å². The number of nitrogens with one attached hydrogen (secondary N) is 2. The van der Waals surface area contributed by atoms with Crippen molar-refractivity contribution in [3.8, 4) is 16.9 Å².